The molecular weight excluding hydrogens is 270 g/mol. The monoisotopic (exact) mass is 285 g/mol. The zero-order chi connectivity index (χ0) is 15.2. The van der Waals surface area contributed by atoms with Gasteiger partial charge in [0.15, 0.2) is 5.82 Å². The molecule has 0 saturated heterocycles. The molecular formula is C14H15N5O2. The van der Waals surface area contributed by atoms with Crippen molar-refractivity contribution in [3.63, 3.8) is 0 Å². The van der Waals surface area contributed by atoms with Crippen molar-refractivity contribution in [2.75, 3.05) is 11.9 Å². The maximum Gasteiger partial charge on any atom is 0.270 e. The highest BCUT2D eigenvalue weighted by Gasteiger charge is 2.11. The first-order valence-corrected chi connectivity index (χ1v) is 6.29. The van der Waals surface area contributed by atoms with Crippen molar-refractivity contribution in [1.29, 1.82) is 0 Å². The van der Waals surface area contributed by atoms with Gasteiger partial charge in [-0.05, 0) is 6.92 Å². The second-order valence-corrected chi connectivity index (χ2v) is 4.35. The summed E-state index contributed by atoms with van der Waals surface area (Å²) in [5.41, 5.74) is 1.53. The van der Waals surface area contributed by atoms with Crippen molar-refractivity contribution in [3.8, 4) is 0 Å². The Balaban J connectivity index is 2.33. The molecule has 0 spiro atoms. The van der Waals surface area contributed by atoms with Crippen LogP contribution in [0.25, 0.3) is 0 Å². The highest BCUT2D eigenvalue weighted by molar-refractivity contribution is 6.08. The Kier molecular flexibility index (Phi) is 4.45. The Bertz CT molecular complexity index is 690. The largest absolute Gasteiger partial charge is 0.323 e. The minimum absolute atomic E-state index is 0.0128. The first kappa shape index (κ1) is 14.4. The molecule has 2 aromatic rings. The van der Waals surface area contributed by atoms with Crippen molar-refractivity contribution in [2.45, 2.75) is 6.92 Å². The van der Waals surface area contributed by atoms with Crippen molar-refractivity contribution in [2.24, 2.45) is 4.99 Å². The lowest BCUT2D eigenvalue weighted by Gasteiger charge is -2.07. The van der Waals surface area contributed by atoms with Gasteiger partial charge in [0.05, 0.1) is 11.5 Å². The standard InChI is InChI=1S/C14H15N5O2/c1-3-7-15-14(16-13-8-10(2)17-18-13)11-5-4-6-12(9-11)19(20)21/h3-6,8-9H,1,7H2,2H3,(H2,15,16,17,18). The molecule has 0 aliphatic heterocycles. The fourth-order valence-electron chi connectivity index (χ4n) is 1.73. The normalized spacial score (nSPS) is 11.2. The van der Waals surface area contributed by atoms with E-state index in [1.165, 1.54) is 12.1 Å². The van der Waals surface area contributed by atoms with E-state index in [0.717, 1.165) is 5.69 Å². The van der Waals surface area contributed by atoms with Crippen LogP contribution in [0, 0.1) is 17.0 Å². The van der Waals surface area contributed by atoms with E-state index in [0.29, 0.717) is 23.8 Å². The summed E-state index contributed by atoms with van der Waals surface area (Å²) < 4.78 is 0. The number of benzene rings is 1. The molecule has 0 fully saturated rings. The Morgan fingerprint density at radius 1 is 1.57 bits per heavy atom. The topological polar surface area (TPSA) is 96.2 Å². The van der Waals surface area contributed by atoms with Gasteiger partial charge < -0.3 is 5.32 Å². The van der Waals surface area contributed by atoms with E-state index >= 15 is 0 Å². The van der Waals surface area contributed by atoms with E-state index in [-0.39, 0.29) is 5.69 Å². The highest BCUT2D eigenvalue weighted by Crippen LogP contribution is 2.15. The summed E-state index contributed by atoms with van der Waals surface area (Å²) in [5.74, 6) is 1.10. The molecule has 21 heavy (non-hydrogen) atoms. The van der Waals surface area contributed by atoms with Gasteiger partial charge in [-0.3, -0.25) is 20.2 Å². The van der Waals surface area contributed by atoms with Gasteiger partial charge in [-0.15, -0.1) is 6.58 Å². The summed E-state index contributed by atoms with van der Waals surface area (Å²) in [6, 6.07) is 8.10. The van der Waals surface area contributed by atoms with Gasteiger partial charge in [-0.1, -0.05) is 18.2 Å². The van der Waals surface area contributed by atoms with Crippen molar-refractivity contribution in [1.82, 2.24) is 10.2 Å². The van der Waals surface area contributed by atoms with Gasteiger partial charge in [-0.25, -0.2) is 0 Å². The highest BCUT2D eigenvalue weighted by atomic mass is 16.6. The van der Waals surface area contributed by atoms with Crippen LogP contribution in [0.4, 0.5) is 11.5 Å². The first-order chi connectivity index (χ1) is 10.1. The first-order valence-electron chi connectivity index (χ1n) is 6.29. The molecule has 0 aliphatic rings. The van der Waals surface area contributed by atoms with E-state index in [1.54, 1.807) is 18.2 Å². The lowest BCUT2D eigenvalue weighted by molar-refractivity contribution is -0.384. The zero-order valence-corrected chi connectivity index (χ0v) is 11.5. The average Bonchev–Trinajstić information content (AvgIpc) is 2.89. The molecule has 0 amide bonds. The van der Waals surface area contributed by atoms with E-state index < -0.39 is 4.92 Å². The van der Waals surface area contributed by atoms with Gasteiger partial charge in [0, 0.05) is 29.5 Å². The summed E-state index contributed by atoms with van der Waals surface area (Å²) in [5, 5.41) is 20.8. The second kappa shape index (κ2) is 6.47. The van der Waals surface area contributed by atoms with Gasteiger partial charge in [0.1, 0.15) is 5.84 Å². The third-order valence-corrected chi connectivity index (χ3v) is 2.66. The number of nitrogens with one attached hydrogen (secondary N) is 2. The fraction of sp³-hybridized carbons (Fsp3) is 0.143. The lowest BCUT2D eigenvalue weighted by Crippen LogP contribution is -2.15. The molecule has 0 unspecified atom stereocenters. The van der Waals surface area contributed by atoms with Crippen LogP contribution in [0.5, 0.6) is 0 Å². The van der Waals surface area contributed by atoms with Crippen LogP contribution >= 0.6 is 0 Å². The Labute approximate surface area is 121 Å². The predicted octanol–water partition coefficient (Wildman–Crippen LogP) is 2.67. The number of hydrogen-bond donors (Lipinski definition) is 2. The molecule has 7 heteroatoms. The number of hydrogen-bond acceptors (Lipinski definition) is 4. The molecule has 2 rings (SSSR count). The van der Waals surface area contributed by atoms with Crippen LogP contribution < -0.4 is 5.32 Å². The number of nitro groups is 1. The molecule has 108 valence electrons. The van der Waals surface area contributed by atoms with E-state index in [4.69, 9.17) is 0 Å². The van der Waals surface area contributed by atoms with Gasteiger partial charge >= 0.3 is 0 Å². The van der Waals surface area contributed by atoms with Crippen molar-refractivity contribution in [3.05, 3.63) is 64.4 Å². The number of anilines is 1. The number of H-pyrrole nitrogens is 1. The minimum atomic E-state index is -0.437. The quantitative estimate of drug-likeness (QED) is 0.290. The van der Waals surface area contributed by atoms with Gasteiger partial charge in [0.25, 0.3) is 5.69 Å². The SMILES string of the molecule is C=CCN=C(Nc1cc(C)[nH]n1)c1cccc([N+](=O)[O-])c1. The Morgan fingerprint density at radius 2 is 2.38 bits per heavy atom. The van der Waals surface area contributed by atoms with Crippen LogP contribution in [0.1, 0.15) is 11.3 Å². The number of nitro benzene ring substituents is 1. The number of non-ortho nitro benzene ring substituents is 1. The minimum Gasteiger partial charge on any atom is -0.323 e. The number of aliphatic imine (C=N–C) groups is 1. The van der Waals surface area contributed by atoms with Gasteiger partial charge in [-0.2, -0.15) is 5.10 Å². The average molecular weight is 285 g/mol. The molecule has 0 bridgehead atoms. The molecule has 2 N–H and O–H groups in total. The van der Waals surface area contributed by atoms with E-state index in [2.05, 4.69) is 27.1 Å². The van der Waals surface area contributed by atoms with Crippen LogP contribution in [-0.2, 0) is 0 Å². The molecule has 1 aromatic carbocycles. The van der Waals surface area contributed by atoms with Crippen LogP contribution in [0.15, 0.2) is 48.0 Å². The lowest BCUT2D eigenvalue weighted by atomic mass is 10.2. The third-order valence-electron chi connectivity index (χ3n) is 2.66. The van der Waals surface area contributed by atoms with Crippen LogP contribution in [0.3, 0.4) is 0 Å². The number of aromatic nitrogens is 2. The maximum absolute atomic E-state index is 10.9. The fourth-order valence-corrected chi connectivity index (χ4v) is 1.73. The second-order valence-electron chi connectivity index (χ2n) is 4.35. The summed E-state index contributed by atoms with van der Waals surface area (Å²) >= 11 is 0. The molecule has 0 saturated carbocycles. The smallest absolute Gasteiger partial charge is 0.270 e. The predicted molar refractivity (Wildman–Crippen MR) is 81.6 cm³/mol. The van der Waals surface area contributed by atoms with Crippen LogP contribution in [-0.4, -0.2) is 27.5 Å². The molecule has 0 atom stereocenters. The summed E-state index contributed by atoms with van der Waals surface area (Å²) in [4.78, 5) is 14.8. The molecule has 0 radical (unpaired) electrons. The number of nitrogens with zero attached hydrogens (tertiary/aromatic N) is 3. The van der Waals surface area contributed by atoms with Crippen LogP contribution in [0.2, 0.25) is 0 Å². The molecule has 1 heterocycles. The summed E-state index contributed by atoms with van der Waals surface area (Å²) in [6.07, 6.45) is 1.65. The number of aryl methyl sites for hydroxylation is 1. The number of aromatic amines is 1. The third kappa shape index (κ3) is 3.75. The summed E-state index contributed by atoms with van der Waals surface area (Å²) in [6.45, 7) is 5.90. The van der Waals surface area contributed by atoms with Crippen molar-refractivity contribution >= 4 is 17.3 Å². The van der Waals surface area contributed by atoms with E-state index in [1.807, 2.05) is 13.0 Å². The van der Waals surface area contributed by atoms with E-state index in [9.17, 15) is 10.1 Å². The zero-order valence-electron chi connectivity index (χ0n) is 11.5. The number of amidine groups is 1. The molecule has 7 nitrogen and oxygen atoms in total. The Morgan fingerprint density at radius 3 is 3.00 bits per heavy atom. The Hall–Kier alpha value is -2.96. The summed E-state index contributed by atoms with van der Waals surface area (Å²) in [7, 11) is 0. The molecule has 1 aromatic heterocycles. The van der Waals surface area contributed by atoms with Crippen molar-refractivity contribution < 1.29 is 4.92 Å². The maximum atomic E-state index is 10.9. The molecule has 0 aliphatic carbocycles. The van der Waals surface area contributed by atoms with Gasteiger partial charge in [0.2, 0.25) is 0 Å². The number of rotatable bonds is 5.